The standard InChI is InChI=1S/C16H23NO6/c18-6-7-20-8-9-21-10-11-22-12-13-23-16(19)17-14-15-4-2-1-3-5-15/h1-6H,7-14H2,(H,17,19). The summed E-state index contributed by atoms with van der Waals surface area (Å²) in [5, 5.41) is 2.65. The normalized spacial score (nSPS) is 10.3. The van der Waals surface area contributed by atoms with Crippen molar-refractivity contribution in [1.82, 2.24) is 5.32 Å². The molecular formula is C16H23NO6. The molecule has 0 unspecified atom stereocenters. The molecule has 7 nitrogen and oxygen atoms in total. The number of aldehydes is 1. The molecule has 0 aromatic heterocycles. The second kappa shape index (κ2) is 13.7. The lowest BCUT2D eigenvalue weighted by Gasteiger charge is -2.08. The van der Waals surface area contributed by atoms with Gasteiger partial charge in [0.25, 0.3) is 0 Å². The fourth-order valence-corrected chi connectivity index (χ4v) is 1.59. The van der Waals surface area contributed by atoms with Crippen LogP contribution in [0, 0.1) is 0 Å². The van der Waals surface area contributed by atoms with E-state index in [-0.39, 0.29) is 13.2 Å². The first-order chi connectivity index (χ1) is 11.3. The fraction of sp³-hybridized carbons (Fsp3) is 0.500. The molecular weight excluding hydrogens is 302 g/mol. The van der Waals surface area contributed by atoms with Gasteiger partial charge in [-0.05, 0) is 5.56 Å². The maximum absolute atomic E-state index is 11.4. The molecule has 0 bridgehead atoms. The molecule has 1 N–H and O–H groups in total. The Morgan fingerprint density at radius 2 is 1.52 bits per heavy atom. The SMILES string of the molecule is O=CCOCCOCCOCCOC(=O)NCc1ccccc1. The Bertz CT molecular complexity index is 426. The molecule has 1 amide bonds. The minimum Gasteiger partial charge on any atom is -0.447 e. The zero-order valence-electron chi connectivity index (χ0n) is 13.1. The van der Waals surface area contributed by atoms with Gasteiger partial charge in [0.2, 0.25) is 0 Å². The zero-order valence-corrected chi connectivity index (χ0v) is 13.1. The van der Waals surface area contributed by atoms with Crippen molar-refractivity contribution in [2.24, 2.45) is 0 Å². The van der Waals surface area contributed by atoms with Gasteiger partial charge < -0.3 is 29.1 Å². The van der Waals surface area contributed by atoms with Crippen molar-refractivity contribution < 1.29 is 28.5 Å². The Hall–Kier alpha value is -1.96. The van der Waals surface area contributed by atoms with Gasteiger partial charge in [-0.3, -0.25) is 0 Å². The van der Waals surface area contributed by atoms with Crippen LogP contribution in [0.3, 0.4) is 0 Å². The Labute approximate surface area is 135 Å². The minimum absolute atomic E-state index is 0.0868. The van der Waals surface area contributed by atoms with Crippen LogP contribution in [-0.4, -0.2) is 58.6 Å². The van der Waals surface area contributed by atoms with E-state index in [0.29, 0.717) is 45.9 Å². The average molecular weight is 325 g/mol. The molecule has 0 aliphatic heterocycles. The van der Waals surface area contributed by atoms with Crippen LogP contribution in [0.4, 0.5) is 4.79 Å². The molecule has 0 radical (unpaired) electrons. The highest BCUT2D eigenvalue weighted by atomic mass is 16.6. The molecule has 0 fully saturated rings. The van der Waals surface area contributed by atoms with Gasteiger partial charge in [0.15, 0.2) is 0 Å². The van der Waals surface area contributed by atoms with E-state index in [0.717, 1.165) is 5.56 Å². The Morgan fingerprint density at radius 3 is 2.17 bits per heavy atom. The number of carbonyl (C=O) groups is 2. The summed E-state index contributed by atoms with van der Waals surface area (Å²) in [5.74, 6) is 0. The second-order valence-electron chi connectivity index (χ2n) is 4.44. The maximum atomic E-state index is 11.4. The lowest BCUT2D eigenvalue weighted by atomic mass is 10.2. The molecule has 128 valence electrons. The third-order valence-corrected chi connectivity index (χ3v) is 2.67. The van der Waals surface area contributed by atoms with Crippen LogP contribution in [0.5, 0.6) is 0 Å². The molecule has 7 heteroatoms. The predicted octanol–water partition coefficient (Wildman–Crippen LogP) is 1.16. The summed E-state index contributed by atoms with van der Waals surface area (Å²) in [6.07, 6.45) is 0.222. The van der Waals surface area contributed by atoms with E-state index < -0.39 is 6.09 Å². The molecule has 23 heavy (non-hydrogen) atoms. The van der Waals surface area contributed by atoms with E-state index in [1.807, 2.05) is 30.3 Å². The summed E-state index contributed by atoms with van der Waals surface area (Å²) < 4.78 is 20.3. The van der Waals surface area contributed by atoms with Crippen molar-refractivity contribution in [3.8, 4) is 0 Å². The topological polar surface area (TPSA) is 83.1 Å². The summed E-state index contributed by atoms with van der Waals surface area (Å²) in [5.41, 5.74) is 1.01. The average Bonchev–Trinajstić information content (AvgIpc) is 2.59. The zero-order chi connectivity index (χ0) is 16.6. The van der Waals surface area contributed by atoms with Crippen molar-refractivity contribution in [1.29, 1.82) is 0 Å². The van der Waals surface area contributed by atoms with Crippen molar-refractivity contribution in [3.05, 3.63) is 35.9 Å². The van der Waals surface area contributed by atoms with E-state index >= 15 is 0 Å². The molecule has 0 aliphatic carbocycles. The molecule has 0 aliphatic rings. The van der Waals surface area contributed by atoms with Gasteiger partial charge in [-0.15, -0.1) is 0 Å². The number of hydrogen-bond donors (Lipinski definition) is 1. The molecule has 0 heterocycles. The smallest absolute Gasteiger partial charge is 0.407 e. The summed E-state index contributed by atoms with van der Waals surface area (Å²) >= 11 is 0. The van der Waals surface area contributed by atoms with Gasteiger partial charge in [-0.25, -0.2) is 4.79 Å². The van der Waals surface area contributed by atoms with Crippen LogP contribution in [0.25, 0.3) is 0 Å². The van der Waals surface area contributed by atoms with Gasteiger partial charge in [-0.1, -0.05) is 30.3 Å². The Morgan fingerprint density at radius 1 is 0.913 bits per heavy atom. The number of carbonyl (C=O) groups excluding carboxylic acids is 2. The maximum Gasteiger partial charge on any atom is 0.407 e. The lowest BCUT2D eigenvalue weighted by Crippen LogP contribution is -2.25. The van der Waals surface area contributed by atoms with Gasteiger partial charge in [0, 0.05) is 6.54 Å². The van der Waals surface area contributed by atoms with Crippen molar-refractivity contribution in [2.45, 2.75) is 6.54 Å². The van der Waals surface area contributed by atoms with E-state index in [1.54, 1.807) is 0 Å². The minimum atomic E-state index is -0.471. The molecule has 1 aromatic carbocycles. The monoisotopic (exact) mass is 325 g/mol. The van der Waals surface area contributed by atoms with Gasteiger partial charge in [-0.2, -0.15) is 0 Å². The molecule has 1 aromatic rings. The number of ether oxygens (including phenoxy) is 4. The molecule has 0 saturated carbocycles. The lowest BCUT2D eigenvalue weighted by molar-refractivity contribution is -0.112. The largest absolute Gasteiger partial charge is 0.447 e. The summed E-state index contributed by atoms with van der Waals surface area (Å²) in [6, 6.07) is 9.58. The molecule has 0 atom stereocenters. The van der Waals surface area contributed by atoms with Crippen LogP contribution in [0.1, 0.15) is 5.56 Å². The van der Waals surface area contributed by atoms with E-state index in [9.17, 15) is 9.59 Å². The van der Waals surface area contributed by atoms with Crippen LogP contribution in [0.2, 0.25) is 0 Å². The summed E-state index contributed by atoms with van der Waals surface area (Å²) in [6.45, 7) is 2.63. The van der Waals surface area contributed by atoms with E-state index in [4.69, 9.17) is 18.9 Å². The number of benzene rings is 1. The first kappa shape index (κ1) is 19.1. The Balaban J connectivity index is 1.85. The highest BCUT2D eigenvalue weighted by Crippen LogP contribution is 1.97. The van der Waals surface area contributed by atoms with Crippen LogP contribution >= 0.6 is 0 Å². The molecule has 0 spiro atoms. The number of hydrogen-bond acceptors (Lipinski definition) is 6. The van der Waals surface area contributed by atoms with Crippen molar-refractivity contribution in [3.63, 3.8) is 0 Å². The number of amides is 1. The van der Waals surface area contributed by atoms with Crippen molar-refractivity contribution in [2.75, 3.05) is 46.2 Å². The summed E-state index contributed by atoms with van der Waals surface area (Å²) in [4.78, 5) is 21.4. The number of nitrogens with one attached hydrogen (secondary N) is 1. The molecule has 0 saturated heterocycles. The Kier molecular flexibility index (Phi) is 11.4. The van der Waals surface area contributed by atoms with Crippen LogP contribution in [-0.2, 0) is 30.3 Å². The first-order valence-electron chi connectivity index (χ1n) is 7.44. The third kappa shape index (κ3) is 11.3. The highest BCUT2D eigenvalue weighted by Gasteiger charge is 2.01. The highest BCUT2D eigenvalue weighted by molar-refractivity contribution is 5.67. The second-order valence-corrected chi connectivity index (χ2v) is 4.44. The van der Waals surface area contributed by atoms with E-state index in [1.165, 1.54) is 0 Å². The van der Waals surface area contributed by atoms with Gasteiger partial charge >= 0.3 is 6.09 Å². The first-order valence-corrected chi connectivity index (χ1v) is 7.44. The third-order valence-electron chi connectivity index (χ3n) is 2.67. The summed E-state index contributed by atoms with van der Waals surface area (Å²) in [7, 11) is 0. The van der Waals surface area contributed by atoms with Gasteiger partial charge in [0.1, 0.15) is 19.5 Å². The quantitative estimate of drug-likeness (QED) is 0.433. The predicted molar refractivity (Wildman–Crippen MR) is 83.2 cm³/mol. The van der Waals surface area contributed by atoms with Crippen LogP contribution < -0.4 is 5.32 Å². The van der Waals surface area contributed by atoms with Crippen molar-refractivity contribution >= 4 is 12.4 Å². The number of rotatable bonds is 13. The number of alkyl carbamates (subject to hydrolysis) is 1. The van der Waals surface area contributed by atoms with E-state index in [2.05, 4.69) is 5.32 Å². The molecule has 1 rings (SSSR count). The van der Waals surface area contributed by atoms with Gasteiger partial charge in [0.05, 0.1) is 33.0 Å². The fourth-order valence-electron chi connectivity index (χ4n) is 1.59. The van der Waals surface area contributed by atoms with Crippen LogP contribution in [0.15, 0.2) is 30.3 Å².